The zero-order valence-electron chi connectivity index (χ0n) is 22.9. The normalized spacial score (nSPS) is 17.9. The second kappa shape index (κ2) is 10.6. The Kier molecular flexibility index (Phi) is 7.19. The average Bonchev–Trinajstić information content (AvgIpc) is 3.71. The van der Waals surface area contributed by atoms with Crippen LogP contribution in [-0.2, 0) is 20.9 Å². The summed E-state index contributed by atoms with van der Waals surface area (Å²) in [4.78, 5) is 54.3. The number of ether oxygens (including phenoxy) is 1. The molecule has 8 heteroatoms. The number of Topliss-reactive ketones (excluding diaryl/α,β-unsaturated/α-hetero) is 1. The lowest BCUT2D eigenvalue weighted by molar-refractivity contribution is -0.129. The maximum atomic E-state index is 13.9. The lowest BCUT2D eigenvalue weighted by Gasteiger charge is -2.28. The molecule has 0 unspecified atom stereocenters. The number of nitrogens with one attached hydrogen (secondary N) is 2. The number of amides is 3. The summed E-state index contributed by atoms with van der Waals surface area (Å²) >= 11 is 0. The third kappa shape index (κ3) is 5.91. The van der Waals surface area contributed by atoms with Gasteiger partial charge in [-0.1, -0.05) is 66.7 Å². The summed E-state index contributed by atoms with van der Waals surface area (Å²) in [5.41, 5.74) is 2.10. The van der Waals surface area contributed by atoms with Crippen LogP contribution in [0, 0.1) is 0 Å². The van der Waals surface area contributed by atoms with Crippen molar-refractivity contribution < 1.29 is 23.9 Å². The van der Waals surface area contributed by atoms with Crippen molar-refractivity contribution in [3.8, 4) is 11.1 Å². The van der Waals surface area contributed by atoms with Gasteiger partial charge in [-0.25, -0.2) is 4.79 Å². The SMILES string of the molecule is CC(C)(C)OC(=O)NC1(C(=O)N[C@H]2CC(=O)c3ccccc3N(Cc3ccc(-c4ccccc4)cc3)C2=O)CC1. The van der Waals surface area contributed by atoms with Crippen LogP contribution in [0.25, 0.3) is 11.1 Å². The van der Waals surface area contributed by atoms with Gasteiger partial charge in [0.15, 0.2) is 5.78 Å². The summed E-state index contributed by atoms with van der Waals surface area (Å²) < 4.78 is 5.31. The molecule has 8 nitrogen and oxygen atoms in total. The van der Waals surface area contributed by atoms with Crippen molar-refractivity contribution in [3.63, 3.8) is 0 Å². The monoisotopic (exact) mass is 539 g/mol. The molecule has 0 radical (unpaired) electrons. The maximum absolute atomic E-state index is 13.9. The highest BCUT2D eigenvalue weighted by Gasteiger charge is 2.53. The molecule has 40 heavy (non-hydrogen) atoms. The number of anilines is 1. The Bertz CT molecular complexity index is 1440. The van der Waals surface area contributed by atoms with Crippen LogP contribution in [0.5, 0.6) is 0 Å². The minimum absolute atomic E-state index is 0.173. The van der Waals surface area contributed by atoms with Gasteiger partial charge in [0, 0.05) is 12.0 Å². The van der Waals surface area contributed by atoms with Gasteiger partial charge in [0.2, 0.25) is 11.8 Å². The second-order valence-electron chi connectivity index (χ2n) is 11.4. The number of rotatable bonds is 6. The molecule has 1 heterocycles. The van der Waals surface area contributed by atoms with Crippen molar-refractivity contribution in [2.45, 2.75) is 63.8 Å². The van der Waals surface area contributed by atoms with Crippen LogP contribution in [0.1, 0.15) is 56.0 Å². The van der Waals surface area contributed by atoms with E-state index >= 15 is 0 Å². The first kappa shape index (κ1) is 27.1. The molecule has 1 atom stereocenters. The van der Waals surface area contributed by atoms with Crippen molar-refractivity contribution >= 4 is 29.4 Å². The molecule has 5 rings (SSSR count). The highest BCUT2D eigenvalue weighted by molar-refractivity contribution is 6.13. The molecule has 0 aromatic heterocycles. The van der Waals surface area contributed by atoms with Crippen molar-refractivity contribution in [3.05, 3.63) is 90.0 Å². The predicted octanol–water partition coefficient (Wildman–Crippen LogP) is 5.02. The number of nitrogens with zero attached hydrogens (tertiary/aromatic N) is 1. The molecule has 3 amide bonds. The van der Waals surface area contributed by atoms with E-state index in [2.05, 4.69) is 10.6 Å². The van der Waals surface area contributed by atoms with Gasteiger partial charge in [0.05, 0.1) is 12.2 Å². The summed E-state index contributed by atoms with van der Waals surface area (Å²) in [5.74, 6) is -1.12. The minimum Gasteiger partial charge on any atom is -0.444 e. The molecule has 2 N–H and O–H groups in total. The zero-order valence-corrected chi connectivity index (χ0v) is 22.9. The Hall–Kier alpha value is -4.46. The van der Waals surface area contributed by atoms with Crippen LogP contribution in [0.3, 0.4) is 0 Å². The summed E-state index contributed by atoms with van der Waals surface area (Å²) in [5, 5.41) is 5.43. The molecule has 0 saturated heterocycles. The van der Waals surface area contributed by atoms with Crippen molar-refractivity contribution in [1.29, 1.82) is 0 Å². The van der Waals surface area contributed by atoms with Crippen molar-refractivity contribution in [1.82, 2.24) is 10.6 Å². The lowest BCUT2D eigenvalue weighted by Crippen LogP contribution is -2.56. The average molecular weight is 540 g/mol. The van der Waals surface area contributed by atoms with Gasteiger partial charge >= 0.3 is 6.09 Å². The predicted molar refractivity (Wildman–Crippen MR) is 152 cm³/mol. The fourth-order valence-corrected chi connectivity index (χ4v) is 4.86. The molecule has 1 aliphatic heterocycles. The number of carbonyl (C=O) groups is 4. The van der Waals surface area contributed by atoms with Gasteiger partial charge in [-0.05, 0) is 62.4 Å². The van der Waals surface area contributed by atoms with Crippen LogP contribution in [0.2, 0.25) is 0 Å². The van der Waals surface area contributed by atoms with E-state index < -0.39 is 29.2 Å². The first-order valence-corrected chi connectivity index (χ1v) is 13.4. The number of benzene rings is 3. The van der Waals surface area contributed by atoms with Crippen molar-refractivity contribution in [2.24, 2.45) is 0 Å². The molecule has 0 bridgehead atoms. The molecule has 1 fully saturated rings. The number of carbonyl (C=O) groups excluding carboxylic acids is 4. The topological polar surface area (TPSA) is 105 Å². The molecule has 0 spiro atoms. The minimum atomic E-state index is -1.15. The highest BCUT2D eigenvalue weighted by atomic mass is 16.6. The van der Waals surface area contributed by atoms with Gasteiger partial charge in [-0.15, -0.1) is 0 Å². The van der Waals surface area contributed by atoms with E-state index in [-0.39, 0.29) is 24.7 Å². The standard InChI is InChI=1S/C32H33N3O5/c1-31(2,3)40-30(39)34-32(17-18-32)29(38)33-25-19-27(36)24-11-7-8-12-26(24)35(28(25)37)20-21-13-15-23(16-14-21)22-9-5-4-6-10-22/h4-16,25H,17-20H2,1-3H3,(H,33,38)(H,34,39)/t25-/m0/s1. The molecule has 3 aromatic rings. The smallest absolute Gasteiger partial charge is 0.408 e. The molecule has 1 aliphatic carbocycles. The number of hydrogen-bond donors (Lipinski definition) is 2. The Morgan fingerprint density at radius 2 is 1.52 bits per heavy atom. The number of hydrogen-bond acceptors (Lipinski definition) is 5. The summed E-state index contributed by atoms with van der Waals surface area (Å²) in [6, 6.07) is 23.9. The first-order valence-electron chi connectivity index (χ1n) is 13.4. The van der Waals surface area contributed by atoms with E-state index in [4.69, 9.17) is 4.74 Å². The zero-order chi connectivity index (χ0) is 28.5. The molecule has 2 aliphatic rings. The number of fused-ring (bicyclic) bond motifs is 1. The molecule has 206 valence electrons. The first-order chi connectivity index (χ1) is 19.0. The molecule has 1 saturated carbocycles. The van der Waals surface area contributed by atoms with E-state index in [1.54, 1.807) is 49.9 Å². The third-order valence-corrected chi connectivity index (χ3v) is 7.08. The van der Waals surface area contributed by atoms with Gasteiger partial charge in [-0.3, -0.25) is 14.4 Å². The molecular weight excluding hydrogens is 506 g/mol. The summed E-state index contributed by atoms with van der Waals surface area (Å²) in [6.45, 7) is 5.45. The van der Waals surface area contributed by atoms with Crippen LogP contribution >= 0.6 is 0 Å². The van der Waals surface area contributed by atoms with E-state index in [9.17, 15) is 19.2 Å². The van der Waals surface area contributed by atoms with Crippen LogP contribution in [0.4, 0.5) is 10.5 Å². The maximum Gasteiger partial charge on any atom is 0.408 e. The second-order valence-corrected chi connectivity index (χ2v) is 11.4. The summed E-state index contributed by atoms with van der Waals surface area (Å²) in [6.07, 6.45) is -0.0283. The van der Waals surface area contributed by atoms with Gasteiger partial charge in [0.1, 0.15) is 17.2 Å². The number of para-hydroxylation sites is 1. The lowest BCUT2D eigenvalue weighted by atomic mass is 10.0. The Labute approximate surface area is 233 Å². The molecule has 3 aromatic carbocycles. The largest absolute Gasteiger partial charge is 0.444 e. The molecular formula is C32H33N3O5. The van der Waals surface area contributed by atoms with Crippen molar-refractivity contribution in [2.75, 3.05) is 4.90 Å². The third-order valence-electron chi connectivity index (χ3n) is 7.08. The van der Waals surface area contributed by atoms with E-state index in [1.165, 1.54) is 0 Å². The van der Waals surface area contributed by atoms with Crippen LogP contribution < -0.4 is 15.5 Å². The van der Waals surface area contributed by atoms with Gasteiger partial charge in [0.25, 0.3) is 0 Å². The van der Waals surface area contributed by atoms with Gasteiger partial charge in [-0.2, -0.15) is 0 Å². The Balaban J connectivity index is 1.36. The number of ketones is 1. The van der Waals surface area contributed by atoms with E-state index in [0.29, 0.717) is 24.1 Å². The highest BCUT2D eigenvalue weighted by Crippen LogP contribution is 2.37. The number of alkyl carbamates (subject to hydrolysis) is 1. The Morgan fingerprint density at radius 1 is 0.900 bits per heavy atom. The van der Waals surface area contributed by atoms with Crippen LogP contribution in [-0.4, -0.2) is 40.9 Å². The van der Waals surface area contributed by atoms with E-state index in [0.717, 1.165) is 16.7 Å². The quantitative estimate of drug-likeness (QED) is 0.458. The van der Waals surface area contributed by atoms with Gasteiger partial charge < -0.3 is 20.3 Å². The van der Waals surface area contributed by atoms with Crippen LogP contribution in [0.15, 0.2) is 78.9 Å². The fraction of sp³-hybridized carbons (Fsp3) is 0.312. The van der Waals surface area contributed by atoms with E-state index in [1.807, 2.05) is 54.6 Å². The fourth-order valence-electron chi connectivity index (χ4n) is 4.86. The summed E-state index contributed by atoms with van der Waals surface area (Å²) in [7, 11) is 0. The Morgan fingerprint density at radius 3 is 2.17 bits per heavy atom.